The van der Waals surface area contributed by atoms with Gasteiger partial charge in [0.1, 0.15) is 5.52 Å². The number of oxazole rings is 1. The first-order valence-electron chi connectivity index (χ1n) is 10.4. The molecule has 0 spiro atoms. The Hall–Kier alpha value is -3.38. The number of nitrogens with one attached hydrogen (secondary N) is 1. The van der Waals surface area contributed by atoms with Crippen LogP contribution in [0.5, 0.6) is 0 Å². The second-order valence-corrected chi connectivity index (χ2v) is 7.53. The Morgan fingerprint density at radius 1 is 1.13 bits per heavy atom. The smallest absolute Gasteiger partial charge is 0.255 e. The molecule has 1 aromatic carbocycles. The summed E-state index contributed by atoms with van der Waals surface area (Å²) in [7, 11) is 0. The predicted molar refractivity (Wildman–Crippen MR) is 117 cm³/mol. The average molecular weight is 400 g/mol. The Kier molecular flexibility index (Phi) is 4.85. The van der Waals surface area contributed by atoms with Crippen molar-refractivity contribution in [3.05, 3.63) is 83.7 Å². The quantitative estimate of drug-likeness (QED) is 0.856. The highest BCUT2D eigenvalue weighted by atomic mass is 16.3. The molecule has 0 bridgehead atoms. The fraction of sp³-hybridized carbons (Fsp3) is 0.250. The molecule has 1 fully saturated rings. The number of nitrogens with zero attached hydrogens (tertiary/aromatic N) is 3. The molecule has 152 valence electrons. The van der Waals surface area contributed by atoms with Crippen LogP contribution in [0.3, 0.4) is 0 Å². The third-order valence-electron chi connectivity index (χ3n) is 5.57. The van der Waals surface area contributed by atoms with E-state index in [1.807, 2.05) is 55.6 Å². The maximum atomic E-state index is 13.2. The summed E-state index contributed by atoms with van der Waals surface area (Å²) in [6.45, 7) is 5.81. The van der Waals surface area contributed by atoms with Crippen LogP contribution in [-0.2, 0) is 11.2 Å². The lowest BCUT2D eigenvalue weighted by Crippen LogP contribution is -2.43. The molecule has 0 radical (unpaired) electrons. The van der Waals surface area contributed by atoms with E-state index < -0.39 is 0 Å². The van der Waals surface area contributed by atoms with Gasteiger partial charge in [0.25, 0.3) is 5.91 Å². The number of carbonyl (C=O) groups is 1. The lowest BCUT2D eigenvalue weighted by molar-refractivity contribution is -0.122. The average Bonchev–Trinajstić information content (AvgIpc) is 3.20. The number of hydrogen-bond acceptors (Lipinski definition) is 5. The Morgan fingerprint density at radius 2 is 1.97 bits per heavy atom. The van der Waals surface area contributed by atoms with Crippen LogP contribution in [0.4, 0.5) is 0 Å². The van der Waals surface area contributed by atoms with Crippen molar-refractivity contribution in [2.24, 2.45) is 0 Å². The zero-order valence-electron chi connectivity index (χ0n) is 17.0. The van der Waals surface area contributed by atoms with Gasteiger partial charge in [0.2, 0.25) is 0 Å². The minimum atomic E-state index is -0.0653. The molecule has 3 aliphatic heterocycles. The van der Waals surface area contributed by atoms with Crippen LogP contribution >= 0.6 is 0 Å². The largest absolute Gasteiger partial charge is 0.441 e. The van der Waals surface area contributed by atoms with E-state index in [9.17, 15) is 4.79 Å². The molecule has 6 heteroatoms. The lowest BCUT2D eigenvalue weighted by Gasteiger charge is -2.33. The van der Waals surface area contributed by atoms with Gasteiger partial charge in [-0.05, 0) is 41.5 Å². The first-order valence-corrected chi connectivity index (χ1v) is 10.4. The molecule has 3 aliphatic rings. The van der Waals surface area contributed by atoms with E-state index in [4.69, 9.17) is 4.42 Å². The Balaban J connectivity index is 1.47. The number of fused-ring (bicyclic) bond motifs is 2. The van der Waals surface area contributed by atoms with Crippen LogP contribution in [0.2, 0.25) is 0 Å². The second kappa shape index (κ2) is 7.80. The molecule has 1 saturated heterocycles. The highest BCUT2D eigenvalue weighted by Crippen LogP contribution is 2.27. The van der Waals surface area contributed by atoms with Crippen molar-refractivity contribution < 1.29 is 9.21 Å². The summed E-state index contributed by atoms with van der Waals surface area (Å²) >= 11 is 0. The zero-order valence-corrected chi connectivity index (χ0v) is 17.0. The van der Waals surface area contributed by atoms with E-state index >= 15 is 0 Å². The predicted octanol–water partition coefficient (Wildman–Crippen LogP) is 3.37. The first-order chi connectivity index (χ1) is 14.7. The number of carbonyl (C=O) groups excluding carboxylic acids is 1. The van der Waals surface area contributed by atoms with Crippen LogP contribution in [0.25, 0.3) is 16.7 Å². The number of benzene rings is 1. The highest BCUT2D eigenvalue weighted by Gasteiger charge is 2.21. The maximum absolute atomic E-state index is 13.2. The standard InChI is InChI=1S/C24H24N4O2/c1-2-23-26-21-9-6-18(14-22(21)30-23)17-4-3-5-19-7-8-20(16-28(19)24(29)15-17)27-12-10-25-11-13-27/h3-9,14-16,25H,2,10-13H2,1H3/b4-3+,17-15+,19-5+. The van der Waals surface area contributed by atoms with E-state index in [2.05, 4.69) is 21.3 Å². The Labute approximate surface area is 175 Å². The molecular weight excluding hydrogens is 376 g/mol. The highest BCUT2D eigenvalue weighted by molar-refractivity contribution is 6.00. The molecule has 1 N–H and O–H groups in total. The summed E-state index contributed by atoms with van der Waals surface area (Å²) in [5, 5.41) is 3.36. The number of amides is 1. The second-order valence-electron chi connectivity index (χ2n) is 7.53. The summed E-state index contributed by atoms with van der Waals surface area (Å²) in [4.78, 5) is 21.6. The van der Waals surface area contributed by atoms with Gasteiger partial charge in [-0.1, -0.05) is 25.1 Å². The third kappa shape index (κ3) is 3.50. The van der Waals surface area contributed by atoms with Gasteiger partial charge < -0.3 is 14.6 Å². The van der Waals surface area contributed by atoms with Crippen LogP contribution < -0.4 is 5.32 Å². The van der Waals surface area contributed by atoms with Crippen molar-refractivity contribution in [2.45, 2.75) is 13.3 Å². The van der Waals surface area contributed by atoms with Gasteiger partial charge in [0, 0.05) is 50.6 Å². The van der Waals surface area contributed by atoms with Gasteiger partial charge in [0.05, 0.1) is 5.70 Å². The number of piperazine rings is 1. The molecule has 5 rings (SSSR count). The fourth-order valence-corrected chi connectivity index (χ4v) is 3.92. The van der Waals surface area contributed by atoms with Gasteiger partial charge in [0.15, 0.2) is 11.5 Å². The number of hydrogen-bond donors (Lipinski definition) is 1. The van der Waals surface area contributed by atoms with Crippen molar-refractivity contribution in [2.75, 3.05) is 26.2 Å². The molecule has 6 nitrogen and oxygen atoms in total. The number of rotatable bonds is 3. The molecule has 2 aromatic rings. The molecule has 4 heterocycles. The maximum Gasteiger partial charge on any atom is 0.255 e. The molecule has 0 unspecified atom stereocenters. The summed E-state index contributed by atoms with van der Waals surface area (Å²) in [6, 6.07) is 5.88. The monoisotopic (exact) mass is 400 g/mol. The summed E-state index contributed by atoms with van der Waals surface area (Å²) < 4.78 is 5.80. The van der Waals surface area contributed by atoms with Crippen molar-refractivity contribution in [3.8, 4) is 0 Å². The normalized spacial score (nSPS) is 23.8. The topological polar surface area (TPSA) is 61.6 Å². The molecule has 0 aliphatic carbocycles. The van der Waals surface area contributed by atoms with Crippen molar-refractivity contribution >= 4 is 22.6 Å². The van der Waals surface area contributed by atoms with Gasteiger partial charge in [-0.15, -0.1) is 0 Å². The third-order valence-corrected chi connectivity index (χ3v) is 5.57. The van der Waals surface area contributed by atoms with E-state index in [0.29, 0.717) is 0 Å². The van der Waals surface area contributed by atoms with E-state index in [1.54, 1.807) is 11.0 Å². The summed E-state index contributed by atoms with van der Waals surface area (Å²) in [5.74, 6) is 0.656. The summed E-state index contributed by atoms with van der Waals surface area (Å²) in [5.41, 5.74) is 5.29. The minimum Gasteiger partial charge on any atom is -0.441 e. The molecule has 0 atom stereocenters. The van der Waals surface area contributed by atoms with E-state index in [-0.39, 0.29) is 5.91 Å². The first kappa shape index (κ1) is 18.6. The van der Waals surface area contributed by atoms with Gasteiger partial charge in [-0.2, -0.15) is 0 Å². The van der Waals surface area contributed by atoms with Crippen LogP contribution in [0.1, 0.15) is 18.4 Å². The Bertz CT molecular complexity index is 1140. The van der Waals surface area contributed by atoms with Crippen molar-refractivity contribution in [3.63, 3.8) is 0 Å². The van der Waals surface area contributed by atoms with Gasteiger partial charge in [-0.3, -0.25) is 9.69 Å². The molecule has 30 heavy (non-hydrogen) atoms. The molecular formula is C24H24N4O2. The van der Waals surface area contributed by atoms with Crippen LogP contribution in [-0.4, -0.2) is 46.9 Å². The van der Waals surface area contributed by atoms with Gasteiger partial charge >= 0.3 is 0 Å². The van der Waals surface area contributed by atoms with Crippen molar-refractivity contribution in [1.82, 2.24) is 20.1 Å². The fourth-order valence-electron chi connectivity index (χ4n) is 3.92. The van der Waals surface area contributed by atoms with Crippen molar-refractivity contribution in [1.29, 1.82) is 0 Å². The van der Waals surface area contributed by atoms with Crippen LogP contribution in [0, 0.1) is 0 Å². The molecule has 1 aromatic heterocycles. The lowest BCUT2D eigenvalue weighted by atomic mass is 10.0. The van der Waals surface area contributed by atoms with E-state index in [1.165, 1.54) is 0 Å². The number of aryl methyl sites for hydroxylation is 1. The summed E-state index contributed by atoms with van der Waals surface area (Å²) in [6.07, 6.45) is 14.4. The Morgan fingerprint density at radius 3 is 2.80 bits per heavy atom. The number of aromatic nitrogens is 1. The number of allylic oxidation sites excluding steroid dienone is 6. The molecule has 0 saturated carbocycles. The van der Waals surface area contributed by atoms with Crippen LogP contribution in [0.15, 0.2) is 76.7 Å². The van der Waals surface area contributed by atoms with Gasteiger partial charge in [-0.25, -0.2) is 4.98 Å². The zero-order chi connectivity index (χ0) is 20.5. The molecule has 1 amide bonds. The van der Waals surface area contributed by atoms with E-state index in [0.717, 1.165) is 72.1 Å². The SMILES string of the molecule is CCc1nc2ccc(C3=C\C(=O)N4C=C(N5CCNCC5)C=C\C4=C/C=C/3)cc2o1. The minimum absolute atomic E-state index is 0.0653.